The van der Waals surface area contributed by atoms with E-state index in [2.05, 4.69) is 33.2 Å². The van der Waals surface area contributed by atoms with Gasteiger partial charge in [0, 0.05) is 24.0 Å². The quantitative estimate of drug-likeness (QED) is 0.639. The minimum atomic E-state index is -0.135. The summed E-state index contributed by atoms with van der Waals surface area (Å²) < 4.78 is 10.7. The summed E-state index contributed by atoms with van der Waals surface area (Å²) in [5, 5.41) is 4.11. The fourth-order valence-corrected chi connectivity index (χ4v) is 4.78. The van der Waals surface area contributed by atoms with Crippen LogP contribution >= 0.6 is 11.3 Å². The molecule has 7 nitrogen and oxygen atoms in total. The molecule has 158 valence electrons. The second-order valence-corrected chi connectivity index (χ2v) is 8.44. The number of methoxy groups -OCH3 is 2. The molecule has 1 amide bonds. The molecule has 0 aliphatic carbocycles. The molecule has 3 aromatic rings. The number of carbonyl (C=O) groups is 1. The summed E-state index contributed by atoms with van der Waals surface area (Å²) >= 11 is 1.71. The van der Waals surface area contributed by atoms with Gasteiger partial charge in [0.05, 0.1) is 31.2 Å². The smallest absolute Gasteiger partial charge is 0.229 e. The number of nitrogens with one attached hydrogen (secondary N) is 1. The molecule has 0 spiro atoms. The Morgan fingerprint density at radius 1 is 1.27 bits per heavy atom. The van der Waals surface area contributed by atoms with Gasteiger partial charge in [0.15, 0.2) is 0 Å². The SMILES string of the molecule is CCc1cc2c(N3CCCC(C(=O)Nc4cc(OC)ccc4OC)C3)ncnc2s1. The predicted octanol–water partition coefficient (Wildman–Crippen LogP) is 4.13. The number of amides is 1. The largest absolute Gasteiger partial charge is 0.497 e. The summed E-state index contributed by atoms with van der Waals surface area (Å²) in [6, 6.07) is 7.56. The number of fused-ring (bicyclic) bond motifs is 1. The van der Waals surface area contributed by atoms with E-state index in [1.165, 1.54) is 4.88 Å². The van der Waals surface area contributed by atoms with Crippen molar-refractivity contribution in [2.75, 3.05) is 37.5 Å². The van der Waals surface area contributed by atoms with E-state index in [0.717, 1.165) is 41.8 Å². The Hall–Kier alpha value is -2.87. The first kappa shape index (κ1) is 20.4. The van der Waals surface area contributed by atoms with E-state index in [9.17, 15) is 4.79 Å². The topological polar surface area (TPSA) is 76.6 Å². The van der Waals surface area contributed by atoms with Crippen LogP contribution in [0.25, 0.3) is 10.2 Å². The van der Waals surface area contributed by atoms with E-state index in [0.29, 0.717) is 23.7 Å². The molecule has 1 N–H and O–H groups in total. The van der Waals surface area contributed by atoms with Crippen LogP contribution in [0.3, 0.4) is 0 Å². The van der Waals surface area contributed by atoms with Gasteiger partial charge in [0.25, 0.3) is 0 Å². The van der Waals surface area contributed by atoms with Crippen molar-refractivity contribution < 1.29 is 14.3 Å². The zero-order valence-corrected chi connectivity index (χ0v) is 18.3. The Bertz CT molecular complexity index is 1050. The van der Waals surface area contributed by atoms with Crippen molar-refractivity contribution in [3.05, 3.63) is 35.5 Å². The lowest BCUT2D eigenvalue weighted by atomic mass is 9.96. The zero-order chi connectivity index (χ0) is 21.1. The number of rotatable bonds is 6. The highest BCUT2D eigenvalue weighted by atomic mass is 32.1. The van der Waals surface area contributed by atoms with Gasteiger partial charge in [-0.3, -0.25) is 4.79 Å². The Kier molecular flexibility index (Phi) is 6.03. The van der Waals surface area contributed by atoms with Crippen LogP contribution in [0.1, 0.15) is 24.6 Å². The first-order chi connectivity index (χ1) is 14.6. The predicted molar refractivity (Wildman–Crippen MR) is 120 cm³/mol. The molecule has 2 aromatic heterocycles. The van der Waals surface area contributed by atoms with Crippen molar-refractivity contribution in [3.8, 4) is 11.5 Å². The summed E-state index contributed by atoms with van der Waals surface area (Å²) in [5.74, 6) is 2.05. The Labute approximate surface area is 180 Å². The molecule has 1 aromatic carbocycles. The number of benzene rings is 1. The van der Waals surface area contributed by atoms with Gasteiger partial charge in [-0.1, -0.05) is 6.92 Å². The first-order valence-corrected chi connectivity index (χ1v) is 11.0. The maximum atomic E-state index is 13.1. The molecule has 1 atom stereocenters. The second-order valence-electron chi connectivity index (χ2n) is 7.32. The highest BCUT2D eigenvalue weighted by Gasteiger charge is 2.28. The lowest BCUT2D eigenvalue weighted by Gasteiger charge is -2.33. The van der Waals surface area contributed by atoms with Crippen molar-refractivity contribution in [3.63, 3.8) is 0 Å². The van der Waals surface area contributed by atoms with Gasteiger partial charge in [0.2, 0.25) is 5.91 Å². The maximum absolute atomic E-state index is 13.1. The minimum absolute atomic E-state index is 0.0175. The molecule has 8 heteroatoms. The number of piperidine rings is 1. The fraction of sp³-hybridized carbons (Fsp3) is 0.409. The standard InChI is InChI=1S/C22H26N4O3S/c1-4-16-11-17-20(23-13-24-22(17)30-16)26-9-5-6-14(12-26)21(27)25-18-10-15(28-2)7-8-19(18)29-3/h7-8,10-11,13-14H,4-6,9,12H2,1-3H3,(H,25,27). The fourth-order valence-electron chi connectivity index (χ4n) is 3.85. The molecule has 1 aliphatic rings. The molecule has 1 aliphatic heterocycles. The first-order valence-electron chi connectivity index (χ1n) is 10.1. The Morgan fingerprint density at radius 3 is 2.90 bits per heavy atom. The van der Waals surface area contributed by atoms with Crippen LogP contribution in [-0.2, 0) is 11.2 Å². The number of aryl methyl sites for hydroxylation is 1. The van der Waals surface area contributed by atoms with E-state index >= 15 is 0 Å². The van der Waals surface area contributed by atoms with Crippen LogP contribution in [0.15, 0.2) is 30.6 Å². The number of anilines is 2. The summed E-state index contributed by atoms with van der Waals surface area (Å²) in [7, 11) is 3.19. The van der Waals surface area contributed by atoms with Crippen molar-refractivity contribution in [1.82, 2.24) is 9.97 Å². The molecule has 1 fully saturated rings. The van der Waals surface area contributed by atoms with Crippen LogP contribution in [0.5, 0.6) is 11.5 Å². The summed E-state index contributed by atoms with van der Waals surface area (Å²) in [6.07, 6.45) is 4.38. The normalized spacial score (nSPS) is 16.5. The number of ether oxygens (including phenoxy) is 2. The molecule has 0 radical (unpaired) electrons. The van der Waals surface area contributed by atoms with Crippen LogP contribution in [0, 0.1) is 5.92 Å². The third kappa shape index (κ3) is 4.05. The van der Waals surface area contributed by atoms with Crippen LogP contribution in [0.4, 0.5) is 11.5 Å². The van der Waals surface area contributed by atoms with Gasteiger partial charge < -0.3 is 19.7 Å². The maximum Gasteiger partial charge on any atom is 0.229 e. The minimum Gasteiger partial charge on any atom is -0.497 e. The van der Waals surface area contributed by atoms with E-state index in [1.807, 2.05) is 6.07 Å². The van der Waals surface area contributed by atoms with Gasteiger partial charge in [-0.2, -0.15) is 0 Å². The molecular formula is C22H26N4O3S. The van der Waals surface area contributed by atoms with E-state index in [1.54, 1.807) is 44.0 Å². The number of hydrogen-bond donors (Lipinski definition) is 1. The van der Waals surface area contributed by atoms with Gasteiger partial charge in [0.1, 0.15) is 28.5 Å². The number of hydrogen-bond acceptors (Lipinski definition) is 7. The van der Waals surface area contributed by atoms with Crippen molar-refractivity contribution in [2.24, 2.45) is 5.92 Å². The third-order valence-corrected chi connectivity index (χ3v) is 6.65. The molecule has 1 unspecified atom stereocenters. The van der Waals surface area contributed by atoms with Gasteiger partial charge >= 0.3 is 0 Å². The highest BCUT2D eigenvalue weighted by Crippen LogP contribution is 2.34. The second kappa shape index (κ2) is 8.87. The summed E-state index contributed by atoms with van der Waals surface area (Å²) in [5.41, 5.74) is 0.619. The van der Waals surface area contributed by atoms with E-state index < -0.39 is 0 Å². The lowest BCUT2D eigenvalue weighted by molar-refractivity contribution is -0.120. The molecule has 1 saturated heterocycles. The number of thiophene rings is 1. The average Bonchev–Trinajstić information content (AvgIpc) is 3.22. The zero-order valence-electron chi connectivity index (χ0n) is 17.5. The van der Waals surface area contributed by atoms with Gasteiger partial charge in [-0.15, -0.1) is 11.3 Å². The number of carbonyl (C=O) groups excluding carboxylic acids is 1. The van der Waals surface area contributed by atoms with E-state index in [-0.39, 0.29) is 11.8 Å². The van der Waals surface area contributed by atoms with Crippen LogP contribution in [0.2, 0.25) is 0 Å². The van der Waals surface area contributed by atoms with Gasteiger partial charge in [-0.25, -0.2) is 9.97 Å². The average molecular weight is 427 g/mol. The molecule has 4 rings (SSSR count). The molecular weight excluding hydrogens is 400 g/mol. The van der Waals surface area contributed by atoms with Crippen molar-refractivity contribution in [1.29, 1.82) is 0 Å². The van der Waals surface area contributed by atoms with Crippen molar-refractivity contribution in [2.45, 2.75) is 26.2 Å². The summed E-state index contributed by atoms with van der Waals surface area (Å²) in [6.45, 7) is 3.66. The molecule has 3 heterocycles. The Morgan fingerprint density at radius 2 is 2.13 bits per heavy atom. The van der Waals surface area contributed by atoms with Crippen LogP contribution < -0.4 is 19.7 Å². The monoisotopic (exact) mass is 426 g/mol. The number of aromatic nitrogens is 2. The molecule has 0 saturated carbocycles. The van der Waals surface area contributed by atoms with Crippen LogP contribution in [-0.4, -0.2) is 43.2 Å². The van der Waals surface area contributed by atoms with Gasteiger partial charge in [-0.05, 0) is 37.5 Å². The third-order valence-electron chi connectivity index (χ3n) is 5.46. The summed E-state index contributed by atoms with van der Waals surface area (Å²) in [4.78, 5) is 26.6. The van der Waals surface area contributed by atoms with E-state index in [4.69, 9.17) is 9.47 Å². The van der Waals surface area contributed by atoms with Crippen molar-refractivity contribution >= 4 is 39.0 Å². The lowest BCUT2D eigenvalue weighted by Crippen LogP contribution is -2.41. The molecule has 30 heavy (non-hydrogen) atoms. The molecule has 0 bridgehead atoms. The Balaban J connectivity index is 1.53. The number of nitrogens with zero attached hydrogens (tertiary/aromatic N) is 3. The highest BCUT2D eigenvalue weighted by molar-refractivity contribution is 7.18.